The minimum absolute atomic E-state index is 0.148. The molecule has 0 fully saturated rings. The molecule has 0 radical (unpaired) electrons. The topological polar surface area (TPSA) is 60.2 Å². The fourth-order valence-electron chi connectivity index (χ4n) is 1.84. The van der Waals surface area contributed by atoms with Crippen LogP contribution >= 0.6 is 0 Å². The van der Waals surface area contributed by atoms with Gasteiger partial charge < -0.3 is 9.84 Å². The van der Waals surface area contributed by atoms with Crippen LogP contribution in [0.2, 0.25) is 0 Å². The fraction of sp³-hybridized carbons (Fsp3) is 0.429. The van der Waals surface area contributed by atoms with E-state index in [-0.39, 0.29) is 6.10 Å². The lowest BCUT2D eigenvalue weighted by Gasteiger charge is -2.13. The van der Waals surface area contributed by atoms with Crippen LogP contribution in [0.1, 0.15) is 31.3 Å². The average molecular weight is 261 g/mol. The van der Waals surface area contributed by atoms with Gasteiger partial charge in [0.25, 0.3) is 0 Å². The Labute approximate surface area is 112 Å². The van der Waals surface area contributed by atoms with E-state index in [2.05, 4.69) is 10.1 Å². The molecule has 0 amide bonds. The van der Waals surface area contributed by atoms with Crippen molar-refractivity contribution in [1.29, 1.82) is 0 Å². The van der Waals surface area contributed by atoms with Gasteiger partial charge in [-0.25, -0.2) is 4.98 Å². The maximum absolute atomic E-state index is 10.2. The molecular formula is C14H19N3O2. The summed E-state index contributed by atoms with van der Waals surface area (Å²) < 4.78 is 7.23. The molecule has 0 spiro atoms. The third-order valence-corrected chi connectivity index (χ3v) is 2.82. The van der Waals surface area contributed by atoms with E-state index in [1.807, 2.05) is 45.2 Å². The SMILES string of the molecule is CC(C)Oc1ccc(C(O)Cc2ncnn2C)cc1. The monoisotopic (exact) mass is 261 g/mol. The molecule has 0 aliphatic rings. The molecule has 2 aromatic rings. The van der Waals surface area contributed by atoms with E-state index >= 15 is 0 Å². The normalized spacial score (nSPS) is 12.7. The molecule has 1 atom stereocenters. The molecule has 0 aliphatic carbocycles. The number of nitrogens with zero attached hydrogens (tertiary/aromatic N) is 3. The molecule has 1 heterocycles. The maximum atomic E-state index is 10.2. The molecule has 5 nitrogen and oxygen atoms in total. The third kappa shape index (κ3) is 3.54. The minimum atomic E-state index is -0.587. The summed E-state index contributed by atoms with van der Waals surface area (Å²) in [7, 11) is 1.81. The molecule has 1 aromatic heterocycles. The summed E-state index contributed by atoms with van der Waals surface area (Å²) in [6.45, 7) is 3.97. The van der Waals surface area contributed by atoms with Crippen LogP contribution in [0.3, 0.4) is 0 Å². The summed E-state index contributed by atoms with van der Waals surface area (Å²) in [5, 5.41) is 14.2. The number of rotatable bonds is 5. The van der Waals surface area contributed by atoms with Gasteiger partial charge in [-0.05, 0) is 31.5 Å². The average Bonchev–Trinajstić information content (AvgIpc) is 2.75. The van der Waals surface area contributed by atoms with Gasteiger partial charge in [0.2, 0.25) is 0 Å². The van der Waals surface area contributed by atoms with Crippen LogP contribution in [0.15, 0.2) is 30.6 Å². The quantitative estimate of drug-likeness (QED) is 0.892. The summed E-state index contributed by atoms with van der Waals surface area (Å²) >= 11 is 0. The number of hydrogen-bond donors (Lipinski definition) is 1. The molecule has 102 valence electrons. The Morgan fingerprint density at radius 3 is 2.47 bits per heavy atom. The molecule has 0 bridgehead atoms. The van der Waals surface area contributed by atoms with Gasteiger partial charge in [-0.3, -0.25) is 4.68 Å². The number of aryl methyl sites for hydroxylation is 1. The highest BCUT2D eigenvalue weighted by molar-refractivity contribution is 5.29. The van der Waals surface area contributed by atoms with E-state index in [1.54, 1.807) is 4.68 Å². The van der Waals surface area contributed by atoms with E-state index in [1.165, 1.54) is 6.33 Å². The Hall–Kier alpha value is -1.88. The van der Waals surface area contributed by atoms with Crippen LogP contribution in [-0.4, -0.2) is 26.0 Å². The summed E-state index contributed by atoms with van der Waals surface area (Å²) in [5.41, 5.74) is 0.846. The van der Waals surface area contributed by atoms with Crippen LogP contribution in [-0.2, 0) is 13.5 Å². The lowest BCUT2D eigenvalue weighted by atomic mass is 10.1. The first kappa shape index (κ1) is 13.5. The second kappa shape index (κ2) is 5.84. The first-order valence-corrected chi connectivity index (χ1v) is 6.34. The predicted octanol–water partition coefficient (Wildman–Crippen LogP) is 1.88. The molecular weight excluding hydrogens is 242 g/mol. The van der Waals surface area contributed by atoms with Crippen molar-refractivity contribution in [3.05, 3.63) is 42.0 Å². The summed E-state index contributed by atoms with van der Waals surface area (Å²) in [6.07, 6.45) is 1.49. The fourth-order valence-corrected chi connectivity index (χ4v) is 1.84. The summed E-state index contributed by atoms with van der Waals surface area (Å²) in [6, 6.07) is 7.49. The molecule has 1 aromatic carbocycles. The van der Waals surface area contributed by atoms with Gasteiger partial charge in [0.1, 0.15) is 17.9 Å². The zero-order valence-corrected chi connectivity index (χ0v) is 11.4. The lowest BCUT2D eigenvalue weighted by Crippen LogP contribution is -2.08. The predicted molar refractivity (Wildman–Crippen MR) is 71.9 cm³/mol. The molecule has 1 unspecified atom stereocenters. The van der Waals surface area contributed by atoms with Gasteiger partial charge in [-0.2, -0.15) is 5.10 Å². The number of hydrogen-bond acceptors (Lipinski definition) is 4. The Morgan fingerprint density at radius 2 is 1.95 bits per heavy atom. The summed E-state index contributed by atoms with van der Waals surface area (Å²) in [4.78, 5) is 4.11. The largest absolute Gasteiger partial charge is 0.491 e. The molecule has 2 rings (SSSR count). The van der Waals surface area contributed by atoms with Crippen LogP contribution < -0.4 is 4.74 Å². The van der Waals surface area contributed by atoms with Crippen LogP contribution in [0, 0.1) is 0 Å². The van der Waals surface area contributed by atoms with Gasteiger partial charge in [0.15, 0.2) is 0 Å². The zero-order valence-electron chi connectivity index (χ0n) is 11.4. The van der Waals surface area contributed by atoms with Gasteiger partial charge in [0, 0.05) is 13.5 Å². The van der Waals surface area contributed by atoms with Crippen LogP contribution in [0.5, 0.6) is 5.75 Å². The van der Waals surface area contributed by atoms with Crippen molar-refractivity contribution in [2.75, 3.05) is 0 Å². The molecule has 1 N–H and O–H groups in total. The third-order valence-electron chi connectivity index (χ3n) is 2.82. The first-order valence-electron chi connectivity index (χ1n) is 6.34. The molecule has 5 heteroatoms. The van der Waals surface area contributed by atoms with Crippen molar-refractivity contribution in [1.82, 2.24) is 14.8 Å². The van der Waals surface area contributed by atoms with Crippen molar-refractivity contribution in [2.45, 2.75) is 32.5 Å². The summed E-state index contributed by atoms with van der Waals surface area (Å²) in [5.74, 6) is 1.57. The van der Waals surface area contributed by atoms with E-state index in [0.717, 1.165) is 17.1 Å². The van der Waals surface area contributed by atoms with Gasteiger partial charge >= 0.3 is 0 Å². The van der Waals surface area contributed by atoms with Crippen molar-refractivity contribution in [3.8, 4) is 5.75 Å². The van der Waals surface area contributed by atoms with E-state index in [0.29, 0.717) is 6.42 Å². The number of aliphatic hydroxyl groups is 1. The molecule has 0 aliphatic heterocycles. The molecule has 0 saturated heterocycles. The van der Waals surface area contributed by atoms with Crippen molar-refractivity contribution in [3.63, 3.8) is 0 Å². The van der Waals surface area contributed by atoms with E-state index in [4.69, 9.17) is 4.74 Å². The second-order valence-corrected chi connectivity index (χ2v) is 4.76. The Kier molecular flexibility index (Phi) is 4.16. The zero-order chi connectivity index (χ0) is 13.8. The first-order chi connectivity index (χ1) is 9.06. The van der Waals surface area contributed by atoms with E-state index in [9.17, 15) is 5.11 Å². The Balaban J connectivity index is 2.03. The van der Waals surface area contributed by atoms with E-state index < -0.39 is 6.10 Å². The highest BCUT2D eigenvalue weighted by Crippen LogP contribution is 2.21. The molecule has 0 saturated carbocycles. The molecule has 19 heavy (non-hydrogen) atoms. The standard InChI is InChI=1S/C14H19N3O2/c1-10(2)19-12-6-4-11(5-7-12)13(18)8-14-15-9-16-17(14)3/h4-7,9-10,13,18H,8H2,1-3H3. The van der Waals surface area contributed by atoms with Crippen LogP contribution in [0.25, 0.3) is 0 Å². The maximum Gasteiger partial charge on any atom is 0.138 e. The highest BCUT2D eigenvalue weighted by Gasteiger charge is 2.12. The van der Waals surface area contributed by atoms with Crippen molar-refractivity contribution < 1.29 is 9.84 Å². The Morgan fingerprint density at radius 1 is 1.26 bits per heavy atom. The Bertz CT molecular complexity index is 520. The van der Waals surface area contributed by atoms with Gasteiger partial charge in [-0.1, -0.05) is 12.1 Å². The highest BCUT2D eigenvalue weighted by atomic mass is 16.5. The lowest BCUT2D eigenvalue weighted by molar-refractivity contribution is 0.174. The number of ether oxygens (including phenoxy) is 1. The smallest absolute Gasteiger partial charge is 0.138 e. The van der Waals surface area contributed by atoms with Gasteiger partial charge in [-0.15, -0.1) is 0 Å². The van der Waals surface area contributed by atoms with Gasteiger partial charge in [0.05, 0.1) is 12.2 Å². The second-order valence-electron chi connectivity index (χ2n) is 4.76. The van der Waals surface area contributed by atoms with Crippen LogP contribution in [0.4, 0.5) is 0 Å². The van der Waals surface area contributed by atoms with Crippen molar-refractivity contribution >= 4 is 0 Å². The minimum Gasteiger partial charge on any atom is -0.491 e. The number of aliphatic hydroxyl groups excluding tert-OH is 1. The van der Waals surface area contributed by atoms with Crippen molar-refractivity contribution in [2.24, 2.45) is 7.05 Å². The number of aromatic nitrogens is 3. The number of benzene rings is 1.